The normalized spacial score (nSPS) is 13.8. The van der Waals surface area contributed by atoms with E-state index in [9.17, 15) is 22.8 Å². The molecule has 1 aliphatic heterocycles. The number of halogens is 3. The fraction of sp³-hybridized carbons (Fsp3) is 0.389. The quantitative estimate of drug-likeness (QED) is 0.791. The first-order chi connectivity index (χ1) is 13.3. The SMILES string of the molecule is O=C(NCCC(=O)N1CCc2sccc2C1)c1ccc(OCC(F)(F)F)nc1. The van der Waals surface area contributed by atoms with E-state index in [0.29, 0.717) is 13.1 Å². The van der Waals surface area contributed by atoms with E-state index in [1.165, 1.54) is 22.6 Å². The molecule has 0 unspecified atom stereocenters. The van der Waals surface area contributed by atoms with Crippen molar-refractivity contribution in [3.8, 4) is 5.88 Å². The van der Waals surface area contributed by atoms with Crippen molar-refractivity contribution in [3.05, 3.63) is 45.8 Å². The summed E-state index contributed by atoms with van der Waals surface area (Å²) >= 11 is 1.70. The predicted molar refractivity (Wildman–Crippen MR) is 96.2 cm³/mol. The number of hydrogen-bond acceptors (Lipinski definition) is 5. The highest BCUT2D eigenvalue weighted by Crippen LogP contribution is 2.24. The molecule has 0 aliphatic carbocycles. The van der Waals surface area contributed by atoms with Gasteiger partial charge in [0.15, 0.2) is 6.61 Å². The first-order valence-electron chi connectivity index (χ1n) is 8.58. The van der Waals surface area contributed by atoms with E-state index in [4.69, 9.17) is 0 Å². The molecule has 0 aromatic carbocycles. The van der Waals surface area contributed by atoms with Crippen molar-refractivity contribution in [2.45, 2.75) is 25.6 Å². The fourth-order valence-electron chi connectivity index (χ4n) is 2.76. The average molecular weight is 413 g/mol. The predicted octanol–water partition coefficient (Wildman–Crippen LogP) is 2.79. The van der Waals surface area contributed by atoms with Crippen LogP contribution in [0.4, 0.5) is 13.2 Å². The molecule has 0 spiro atoms. The van der Waals surface area contributed by atoms with Gasteiger partial charge in [-0.25, -0.2) is 4.98 Å². The molecule has 0 saturated heterocycles. The maximum absolute atomic E-state index is 12.3. The minimum absolute atomic E-state index is 0.0360. The van der Waals surface area contributed by atoms with Gasteiger partial charge < -0.3 is 15.0 Å². The number of aromatic nitrogens is 1. The third-order valence-electron chi connectivity index (χ3n) is 4.17. The zero-order valence-corrected chi connectivity index (χ0v) is 15.6. The molecule has 2 amide bonds. The first kappa shape index (κ1) is 20.1. The van der Waals surface area contributed by atoms with Crippen molar-refractivity contribution in [3.63, 3.8) is 0 Å². The Morgan fingerprint density at radius 1 is 1.29 bits per heavy atom. The third-order valence-corrected chi connectivity index (χ3v) is 5.19. The largest absolute Gasteiger partial charge is 0.468 e. The van der Waals surface area contributed by atoms with Gasteiger partial charge in [-0.15, -0.1) is 11.3 Å². The maximum atomic E-state index is 12.3. The van der Waals surface area contributed by atoms with E-state index in [1.807, 2.05) is 11.4 Å². The van der Waals surface area contributed by atoms with Crippen molar-refractivity contribution in [2.24, 2.45) is 0 Å². The first-order valence-corrected chi connectivity index (χ1v) is 9.46. The lowest BCUT2D eigenvalue weighted by Crippen LogP contribution is -2.37. The minimum atomic E-state index is -4.45. The Balaban J connectivity index is 1.42. The van der Waals surface area contributed by atoms with Crippen LogP contribution in [0.3, 0.4) is 0 Å². The number of nitrogens with one attached hydrogen (secondary N) is 1. The van der Waals surface area contributed by atoms with Gasteiger partial charge in [0, 0.05) is 43.2 Å². The van der Waals surface area contributed by atoms with Crippen molar-refractivity contribution < 1.29 is 27.5 Å². The van der Waals surface area contributed by atoms with Crippen molar-refractivity contribution >= 4 is 23.2 Å². The third kappa shape index (κ3) is 5.44. The number of nitrogens with zero attached hydrogens (tertiary/aromatic N) is 2. The molecular formula is C18H18F3N3O3S. The molecule has 10 heteroatoms. The van der Waals surface area contributed by atoms with Gasteiger partial charge in [-0.1, -0.05) is 0 Å². The van der Waals surface area contributed by atoms with Crippen LogP contribution in [-0.4, -0.2) is 47.6 Å². The second kappa shape index (κ2) is 8.59. The Bertz CT molecular complexity index is 837. The summed E-state index contributed by atoms with van der Waals surface area (Å²) in [5.41, 5.74) is 1.35. The summed E-state index contributed by atoms with van der Waals surface area (Å²) in [6.45, 7) is -0.0213. The maximum Gasteiger partial charge on any atom is 0.422 e. The van der Waals surface area contributed by atoms with E-state index in [0.717, 1.165) is 12.6 Å². The zero-order valence-electron chi connectivity index (χ0n) is 14.8. The highest BCUT2D eigenvalue weighted by Gasteiger charge is 2.28. The molecule has 0 bridgehead atoms. The number of thiophene rings is 1. The lowest BCUT2D eigenvalue weighted by molar-refractivity contribution is -0.154. The molecule has 2 aromatic rings. The van der Waals surface area contributed by atoms with E-state index in [2.05, 4.69) is 15.0 Å². The van der Waals surface area contributed by atoms with Gasteiger partial charge in [-0.3, -0.25) is 9.59 Å². The molecule has 0 saturated carbocycles. The zero-order chi connectivity index (χ0) is 20.1. The van der Waals surface area contributed by atoms with Gasteiger partial charge in [-0.2, -0.15) is 13.2 Å². The van der Waals surface area contributed by atoms with Crippen LogP contribution in [0.2, 0.25) is 0 Å². The standard InChI is InChI=1S/C18H18F3N3O3S/c19-18(20,21)11-27-15-2-1-12(9-23-15)17(26)22-6-3-16(25)24-7-4-14-13(10-24)5-8-28-14/h1-2,5,8-9H,3-4,6-7,10-11H2,(H,22,26). The number of amides is 2. The van der Waals surface area contributed by atoms with Gasteiger partial charge in [0.1, 0.15) is 0 Å². The fourth-order valence-corrected chi connectivity index (χ4v) is 3.65. The average Bonchev–Trinajstić information content (AvgIpc) is 3.13. The number of hydrogen-bond donors (Lipinski definition) is 1. The number of carbonyl (C=O) groups is 2. The van der Waals surface area contributed by atoms with Crippen molar-refractivity contribution in [1.82, 2.24) is 15.2 Å². The van der Waals surface area contributed by atoms with Crippen LogP contribution in [0.1, 0.15) is 27.2 Å². The summed E-state index contributed by atoms with van der Waals surface area (Å²) in [5, 5.41) is 4.63. The summed E-state index contributed by atoms with van der Waals surface area (Å²) in [6, 6.07) is 4.53. The summed E-state index contributed by atoms with van der Waals surface area (Å²) in [5.74, 6) is -0.713. The molecule has 3 rings (SSSR count). The highest BCUT2D eigenvalue weighted by molar-refractivity contribution is 7.10. The number of pyridine rings is 1. The molecule has 0 radical (unpaired) electrons. The topological polar surface area (TPSA) is 71.5 Å². The molecule has 0 atom stereocenters. The molecule has 3 heterocycles. The van der Waals surface area contributed by atoms with Crippen LogP contribution in [0.15, 0.2) is 29.8 Å². The van der Waals surface area contributed by atoms with Crippen LogP contribution >= 0.6 is 11.3 Å². The Labute approximate surface area is 163 Å². The summed E-state index contributed by atoms with van der Waals surface area (Å²) in [6.07, 6.45) is -2.31. The highest BCUT2D eigenvalue weighted by atomic mass is 32.1. The monoisotopic (exact) mass is 413 g/mol. The van der Waals surface area contributed by atoms with Gasteiger partial charge >= 0.3 is 6.18 Å². The molecule has 28 heavy (non-hydrogen) atoms. The molecule has 2 aromatic heterocycles. The number of rotatable bonds is 6. The van der Waals surface area contributed by atoms with E-state index in [-0.39, 0.29) is 30.3 Å². The summed E-state index contributed by atoms with van der Waals surface area (Å²) in [4.78, 5) is 31.1. The second-order valence-electron chi connectivity index (χ2n) is 6.23. The van der Waals surface area contributed by atoms with Crippen molar-refractivity contribution in [2.75, 3.05) is 19.7 Å². The molecule has 1 aliphatic rings. The Morgan fingerprint density at radius 2 is 2.11 bits per heavy atom. The molecule has 1 N–H and O–H groups in total. The molecular weight excluding hydrogens is 395 g/mol. The Kier molecular flexibility index (Phi) is 6.18. The smallest absolute Gasteiger partial charge is 0.422 e. The minimum Gasteiger partial charge on any atom is -0.468 e. The lowest BCUT2D eigenvalue weighted by Gasteiger charge is -2.27. The number of carbonyl (C=O) groups excluding carboxylic acids is 2. The van der Waals surface area contributed by atoms with E-state index >= 15 is 0 Å². The van der Waals surface area contributed by atoms with Crippen LogP contribution in [-0.2, 0) is 17.8 Å². The van der Waals surface area contributed by atoms with Gasteiger partial charge in [0.25, 0.3) is 5.91 Å². The number of alkyl halides is 3. The Hall–Kier alpha value is -2.62. The summed E-state index contributed by atoms with van der Waals surface area (Å²) in [7, 11) is 0. The summed E-state index contributed by atoms with van der Waals surface area (Å²) < 4.78 is 40.8. The number of ether oxygens (including phenoxy) is 1. The molecule has 150 valence electrons. The molecule has 6 nitrogen and oxygen atoms in total. The molecule has 0 fully saturated rings. The Morgan fingerprint density at radius 3 is 2.82 bits per heavy atom. The number of fused-ring (bicyclic) bond motifs is 1. The van der Waals surface area contributed by atoms with Crippen LogP contribution in [0, 0.1) is 0 Å². The van der Waals surface area contributed by atoms with Crippen LogP contribution in [0.25, 0.3) is 0 Å². The van der Waals surface area contributed by atoms with Crippen LogP contribution in [0.5, 0.6) is 5.88 Å². The van der Waals surface area contributed by atoms with Crippen molar-refractivity contribution in [1.29, 1.82) is 0 Å². The second-order valence-corrected chi connectivity index (χ2v) is 7.23. The van der Waals surface area contributed by atoms with E-state index < -0.39 is 18.7 Å². The lowest BCUT2D eigenvalue weighted by atomic mass is 10.1. The van der Waals surface area contributed by atoms with Gasteiger partial charge in [0.2, 0.25) is 11.8 Å². The van der Waals surface area contributed by atoms with Gasteiger partial charge in [-0.05, 0) is 29.5 Å². The van der Waals surface area contributed by atoms with Gasteiger partial charge in [0.05, 0.1) is 5.56 Å². The van der Waals surface area contributed by atoms with E-state index in [1.54, 1.807) is 16.2 Å². The van der Waals surface area contributed by atoms with Crippen LogP contribution < -0.4 is 10.1 Å².